The third kappa shape index (κ3) is 5.85. The summed E-state index contributed by atoms with van der Waals surface area (Å²) in [7, 11) is -3.80. The Morgan fingerprint density at radius 3 is 2.34 bits per heavy atom. The lowest BCUT2D eigenvalue weighted by Gasteiger charge is -2.35. The lowest BCUT2D eigenvalue weighted by atomic mass is 10.1. The average molecular weight is 462 g/mol. The summed E-state index contributed by atoms with van der Waals surface area (Å²) in [6.45, 7) is 4.93. The molecule has 2 heterocycles. The molecule has 0 bridgehead atoms. The molecule has 4 rings (SSSR count). The fraction of sp³-hybridized carbons (Fsp3) is 0.435. The molecule has 0 radical (unpaired) electrons. The molecule has 1 N–H and O–H groups in total. The summed E-state index contributed by atoms with van der Waals surface area (Å²) in [5.41, 5.74) is 1.20. The molecule has 7 nitrogen and oxygen atoms in total. The van der Waals surface area contributed by atoms with Gasteiger partial charge in [-0.05, 0) is 54.8 Å². The van der Waals surface area contributed by atoms with Crippen LogP contribution in [0.1, 0.15) is 18.4 Å². The number of benzene rings is 2. The first-order valence-corrected chi connectivity index (χ1v) is 12.4. The van der Waals surface area contributed by atoms with Crippen LogP contribution in [0.5, 0.6) is 0 Å². The number of anilines is 1. The van der Waals surface area contributed by atoms with Crippen LogP contribution in [0.25, 0.3) is 0 Å². The second kappa shape index (κ2) is 9.97. The summed E-state index contributed by atoms with van der Waals surface area (Å²) in [6.07, 6.45) is 2.86. The molecule has 0 aromatic heterocycles. The smallest absolute Gasteiger partial charge is 0.261 e. The van der Waals surface area contributed by atoms with Gasteiger partial charge >= 0.3 is 0 Å². The Labute approximate surface area is 188 Å². The van der Waals surface area contributed by atoms with E-state index in [1.807, 2.05) is 4.90 Å². The number of hydrogen-bond acceptors (Lipinski definition) is 5. The number of carbonyl (C=O) groups is 1. The number of halogens is 1. The van der Waals surface area contributed by atoms with Gasteiger partial charge in [0.1, 0.15) is 5.82 Å². The minimum atomic E-state index is -3.80. The maximum absolute atomic E-state index is 13.0. The van der Waals surface area contributed by atoms with Gasteiger partial charge in [0.25, 0.3) is 10.0 Å². The van der Waals surface area contributed by atoms with E-state index >= 15 is 0 Å². The summed E-state index contributed by atoms with van der Waals surface area (Å²) < 4.78 is 46.0. The largest absolute Gasteiger partial charge is 0.377 e. The maximum atomic E-state index is 13.0. The third-order valence-corrected chi connectivity index (χ3v) is 7.29. The molecule has 2 fully saturated rings. The number of nitrogens with one attached hydrogen (secondary N) is 1. The van der Waals surface area contributed by atoms with Gasteiger partial charge in [0.2, 0.25) is 5.91 Å². The molecule has 32 heavy (non-hydrogen) atoms. The number of hydrogen-bond donors (Lipinski definition) is 1. The molecular formula is C23H28FN3O4S. The van der Waals surface area contributed by atoms with E-state index in [0.29, 0.717) is 24.9 Å². The summed E-state index contributed by atoms with van der Waals surface area (Å²) in [4.78, 5) is 16.9. The SMILES string of the molecule is O=C(Cc1ccc(NS(=O)(=O)c2ccc(F)cc2)cc1)N1CCN(CC2CCCO2)CC1. The number of piperazine rings is 1. The van der Waals surface area contributed by atoms with Crippen molar-refractivity contribution in [2.24, 2.45) is 0 Å². The zero-order valence-corrected chi connectivity index (χ0v) is 18.7. The molecule has 2 aliphatic heterocycles. The Morgan fingerprint density at radius 2 is 1.72 bits per heavy atom. The molecule has 0 saturated carbocycles. The van der Waals surface area contributed by atoms with Crippen molar-refractivity contribution in [1.82, 2.24) is 9.80 Å². The van der Waals surface area contributed by atoms with Gasteiger partial charge in [-0.15, -0.1) is 0 Å². The highest BCUT2D eigenvalue weighted by molar-refractivity contribution is 7.92. The van der Waals surface area contributed by atoms with Crippen LogP contribution in [-0.2, 0) is 26.0 Å². The van der Waals surface area contributed by atoms with Crippen LogP contribution in [0, 0.1) is 5.82 Å². The summed E-state index contributed by atoms with van der Waals surface area (Å²) >= 11 is 0. The van der Waals surface area contributed by atoms with E-state index in [2.05, 4.69) is 9.62 Å². The van der Waals surface area contributed by atoms with Crippen molar-refractivity contribution in [2.75, 3.05) is 44.1 Å². The van der Waals surface area contributed by atoms with Crippen LogP contribution in [0.4, 0.5) is 10.1 Å². The van der Waals surface area contributed by atoms with Crippen LogP contribution >= 0.6 is 0 Å². The highest BCUT2D eigenvalue weighted by Gasteiger charge is 2.25. The standard InChI is InChI=1S/C23H28FN3O4S/c24-19-5-9-22(10-6-19)32(29,30)25-20-7-3-18(4-8-20)16-23(28)27-13-11-26(12-14-27)17-21-2-1-15-31-21/h3-10,21,25H,1-2,11-17H2. The number of rotatable bonds is 7. The monoisotopic (exact) mass is 461 g/mol. The molecule has 2 aromatic carbocycles. The average Bonchev–Trinajstić information content (AvgIpc) is 3.29. The van der Waals surface area contributed by atoms with Gasteiger partial charge in [0, 0.05) is 45.0 Å². The van der Waals surface area contributed by atoms with E-state index in [0.717, 1.165) is 56.8 Å². The molecule has 2 aliphatic rings. The van der Waals surface area contributed by atoms with E-state index in [4.69, 9.17) is 4.74 Å². The maximum Gasteiger partial charge on any atom is 0.261 e. The van der Waals surface area contributed by atoms with Gasteiger partial charge in [-0.1, -0.05) is 12.1 Å². The normalized spacial score (nSPS) is 19.8. The zero-order chi connectivity index (χ0) is 22.6. The predicted molar refractivity (Wildman–Crippen MR) is 119 cm³/mol. The van der Waals surface area contributed by atoms with E-state index in [1.165, 1.54) is 12.1 Å². The molecule has 1 amide bonds. The van der Waals surface area contributed by atoms with Crippen molar-refractivity contribution < 1.29 is 22.3 Å². The molecule has 2 saturated heterocycles. The Bertz CT molecular complexity index is 1010. The van der Waals surface area contributed by atoms with Gasteiger partial charge in [-0.25, -0.2) is 12.8 Å². The van der Waals surface area contributed by atoms with E-state index < -0.39 is 15.8 Å². The van der Waals surface area contributed by atoms with Crippen LogP contribution in [0.2, 0.25) is 0 Å². The molecule has 1 atom stereocenters. The first kappa shape index (κ1) is 22.7. The summed E-state index contributed by atoms with van der Waals surface area (Å²) in [5, 5.41) is 0. The van der Waals surface area contributed by atoms with Crippen molar-refractivity contribution in [3.05, 3.63) is 59.9 Å². The predicted octanol–water partition coefficient (Wildman–Crippen LogP) is 2.49. The third-order valence-electron chi connectivity index (χ3n) is 5.90. The van der Waals surface area contributed by atoms with Gasteiger partial charge in [0.05, 0.1) is 17.4 Å². The van der Waals surface area contributed by atoms with Crippen LogP contribution in [0.15, 0.2) is 53.4 Å². The first-order valence-electron chi connectivity index (χ1n) is 10.9. The second-order valence-corrected chi connectivity index (χ2v) is 9.93. The molecule has 2 aromatic rings. The Morgan fingerprint density at radius 1 is 1.03 bits per heavy atom. The molecule has 172 valence electrons. The van der Waals surface area contributed by atoms with E-state index in [-0.39, 0.29) is 17.2 Å². The molecular weight excluding hydrogens is 433 g/mol. The van der Waals surface area contributed by atoms with Crippen LogP contribution in [-0.4, -0.2) is 69.6 Å². The first-order chi connectivity index (χ1) is 15.4. The lowest BCUT2D eigenvalue weighted by molar-refractivity contribution is -0.132. The number of carbonyl (C=O) groups excluding carboxylic acids is 1. The number of ether oxygens (including phenoxy) is 1. The van der Waals surface area contributed by atoms with Gasteiger partial charge < -0.3 is 9.64 Å². The summed E-state index contributed by atoms with van der Waals surface area (Å²) in [5.74, 6) is -0.427. The highest BCUT2D eigenvalue weighted by Crippen LogP contribution is 2.18. The molecule has 9 heteroatoms. The Kier molecular flexibility index (Phi) is 7.07. The topological polar surface area (TPSA) is 79.0 Å². The van der Waals surface area contributed by atoms with Crippen molar-refractivity contribution in [3.8, 4) is 0 Å². The number of sulfonamides is 1. The van der Waals surface area contributed by atoms with Crippen LogP contribution in [0.3, 0.4) is 0 Å². The van der Waals surface area contributed by atoms with E-state index in [1.54, 1.807) is 24.3 Å². The minimum absolute atomic E-state index is 0.0169. The number of amides is 1. The zero-order valence-electron chi connectivity index (χ0n) is 17.9. The Hall–Kier alpha value is -2.49. The number of nitrogens with zero attached hydrogens (tertiary/aromatic N) is 2. The van der Waals surface area contributed by atoms with Crippen molar-refractivity contribution >= 4 is 21.6 Å². The van der Waals surface area contributed by atoms with Gasteiger partial charge in [0.15, 0.2) is 0 Å². The highest BCUT2D eigenvalue weighted by atomic mass is 32.2. The minimum Gasteiger partial charge on any atom is -0.377 e. The van der Waals surface area contributed by atoms with Crippen LogP contribution < -0.4 is 4.72 Å². The lowest BCUT2D eigenvalue weighted by Crippen LogP contribution is -2.50. The second-order valence-electron chi connectivity index (χ2n) is 8.25. The fourth-order valence-corrected chi connectivity index (χ4v) is 5.12. The quantitative estimate of drug-likeness (QED) is 0.686. The van der Waals surface area contributed by atoms with Gasteiger partial charge in [-0.3, -0.25) is 14.4 Å². The fourth-order valence-electron chi connectivity index (χ4n) is 4.06. The van der Waals surface area contributed by atoms with Crippen molar-refractivity contribution in [1.29, 1.82) is 0 Å². The molecule has 0 spiro atoms. The van der Waals surface area contributed by atoms with Crippen molar-refractivity contribution in [3.63, 3.8) is 0 Å². The Balaban J connectivity index is 1.27. The summed E-state index contributed by atoms with van der Waals surface area (Å²) in [6, 6.07) is 11.4. The van der Waals surface area contributed by atoms with Crippen molar-refractivity contribution in [2.45, 2.75) is 30.3 Å². The van der Waals surface area contributed by atoms with Gasteiger partial charge in [-0.2, -0.15) is 0 Å². The molecule has 1 unspecified atom stereocenters. The molecule has 0 aliphatic carbocycles. The van der Waals surface area contributed by atoms with E-state index in [9.17, 15) is 17.6 Å².